The number of amides is 2. The summed E-state index contributed by atoms with van der Waals surface area (Å²) in [4.78, 5) is 27.9. The predicted molar refractivity (Wildman–Crippen MR) is 128 cm³/mol. The Morgan fingerprint density at radius 2 is 1.61 bits per heavy atom. The third-order valence-corrected chi connectivity index (χ3v) is 6.16. The van der Waals surface area contributed by atoms with Crippen LogP contribution >= 0.6 is 11.3 Å². The first-order valence-corrected chi connectivity index (χ1v) is 11.5. The van der Waals surface area contributed by atoms with E-state index in [1.54, 1.807) is 30.3 Å². The van der Waals surface area contributed by atoms with E-state index in [1.165, 1.54) is 16.9 Å². The zero-order valence-electron chi connectivity index (χ0n) is 18.0. The van der Waals surface area contributed by atoms with Gasteiger partial charge in [0.2, 0.25) is 0 Å². The van der Waals surface area contributed by atoms with Crippen molar-refractivity contribution in [2.45, 2.75) is 26.3 Å². The molecule has 31 heavy (non-hydrogen) atoms. The molecule has 0 saturated heterocycles. The Kier molecular flexibility index (Phi) is 8.38. The van der Waals surface area contributed by atoms with E-state index in [0.717, 1.165) is 19.5 Å². The van der Waals surface area contributed by atoms with Gasteiger partial charge in [-0.2, -0.15) is 0 Å². The highest BCUT2D eigenvalue weighted by atomic mass is 32.1. The average molecular weight is 436 g/mol. The molecule has 1 aromatic heterocycles. The highest BCUT2D eigenvalue weighted by molar-refractivity contribution is 7.12. The molecule has 3 rings (SSSR count). The second kappa shape index (κ2) is 11.4. The molecular weight excluding hydrogens is 406 g/mol. The number of likely N-dealkylation sites (N-methyl/N-ethyl adjacent to an activating group) is 1. The third kappa shape index (κ3) is 6.51. The van der Waals surface area contributed by atoms with Gasteiger partial charge in [0.25, 0.3) is 11.8 Å². The Hall–Kier alpha value is -2.96. The van der Waals surface area contributed by atoms with E-state index in [2.05, 4.69) is 41.5 Å². The first-order valence-electron chi connectivity index (χ1n) is 10.6. The molecule has 6 heteroatoms. The lowest BCUT2D eigenvalue weighted by Crippen LogP contribution is -2.45. The standard InChI is InChI=1S/C25H29N3O2S/c1-3-28(4-2)22(17-19-9-6-5-7-10-19)18-26-24(29)20-12-14-21(15-13-20)27-25(30)23-11-8-16-31-23/h5-16,22H,3-4,17-18H2,1-2H3,(H,26,29)(H,27,30). The van der Waals surface area contributed by atoms with Crippen LogP contribution in [-0.2, 0) is 6.42 Å². The summed E-state index contributed by atoms with van der Waals surface area (Å²) in [6.07, 6.45) is 0.885. The second-order valence-corrected chi connectivity index (χ2v) is 8.23. The number of carbonyl (C=O) groups is 2. The molecule has 5 nitrogen and oxygen atoms in total. The van der Waals surface area contributed by atoms with Crippen LogP contribution in [0.5, 0.6) is 0 Å². The highest BCUT2D eigenvalue weighted by Gasteiger charge is 2.18. The van der Waals surface area contributed by atoms with Crippen molar-refractivity contribution in [3.63, 3.8) is 0 Å². The summed E-state index contributed by atoms with van der Waals surface area (Å²) in [6, 6.07) is 21.2. The maximum absolute atomic E-state index is 12.7. The van der Waals surface area contributed by atoms with Crippen LogP contribution in [0.1, 0.15) is 39.4 Å². The number of nitrogens with zero attached hydrogens (tertiary/aromatic N) is 1. The van der Waals surface area contributed by atoms with Gasteiger partial charge in [-0.15, -0.1) is 11.3 Å². The predicted octanol–water partition coefficient (Wildman–Crippen LogP) is 4.68. The summed E-state index contributed by atoms with van der Waals surface area (Å²) >= 11 is 1.39. The van der Waals surface area contributed by atoms with Crippen LogP contribution in [0.25, 0.3) is 0 Å². The van der Waals surface area contributed by atoms with E-state index in [1.807, 2.05) is 29.6 Å². The van der Waals surface area contributed by atoms with Gasteiger partial charge in [-0.25, -0.2) is 0 Å². The first kappa shape index (κ1) is 22.7. The molecule has 0 spiro atoms. The van der Waals surface area contributed by atoms with Crippen molar-refractivity contribution in [3.05, 3.63) is 88.1 Å². The molecule has 2 aromatic carbocycles. The van der Waals surface area contributed by atoms with Gasteiger partial charge in [-0.1, -0.05) is 50.2 Å². The summed E-state index contributed by atoms with van der Waals surface area (Å²) < 4.78 is 0. The number of hydrogen-bond donors (Lipinski definition) is 2. The van der Waals surface area contributed by atoms with Gasteiger partial charge < -0.3 is 10.6 Å². The number of thiophene rings is 1. The van der Waals surface area contributed by atoms with Crippen LogP contribution < -0.4 is 10.6 Å². The maximum atomic E-state index is 12.7. The molecule has 1 unspecified atom stereocenters. The number of nitrogens with one attached hydrogen (secondary N) is 2. The minimum absolute atomic E-state index is 0.110. The van der Waals surface area contributed by atoms with Crippen molar-refractivity contribution in [1.82, 2.24) is 10.2 Å². The van der Waals surface area contributed by atoms with E-state index >= 15 is 0 Å². The van der Waals surface area contributed by atoms with E-state index < -0.39 is 0 Å². The van der Waals surface area contributed by atoms with Crippen LogP contribution in [-0.4, -0.2) is 42.4 Å². The van der Waals surface area contributed by atoms with Crippen molar-refractivity contribution >= 4 is 28.8 Å². The Balaban J connectivity index is 1.59. The number of anilines is 1. The lowest BCUT2D eigenvalue weighted by molar-refractivity contribution is 0.0934. The average Bonchev–Trinajstić information content (AvgIpc) is 3.34. The Bertz CT molecular complexity index is 952. The summed E-state index contributed by atoms with van der Waals surface area (Å²) in [6.45, 7) is 6.73. The first-order chi connectivity index (χ1) is 15.1. The molecule has 0 aliphatic rings. The van der Waals surface area contributed by atoms with Gasteiger partial charge in [0.05, 0.1) is 4.88 Å². The molecule has 0 aliphatic carbocycles. The Labute approximate surface area is 188 Å². The van der Waals surface area contributed by atoms with Crippen molar-refractivity contribution in [3.8, 4) is 0 Å². The van der Waals surface area contributed by atoms with E-state index in [4.69, 9.17) is 0 Å². The second-order valence-electron chi connectivity index (χ2n) is 7.28. The lowest BCUT2D eigenvalue weighted by Gasteiger charge is -2.30. The molecule has 2 amide bonds. The van der Waals surface area contributed by atoms with Gasteiger partial charge in [0.15, 0.2) is 0 Å². The van der Waals surface area contributed by atoms with Crippen LogP contribution in [0.15, 0.2) is 72.1 Å². The van der Waals surface area contributed by atoms with Crippen molar-refractivity contribution in [2.24, 2.45) is 0 Å². The van der Waals surface area contributed by atoms with Crippen LogP contribution in [0.4, 0.5) is 5.69 Å². The minimum Gasteiger partial charge on any atom is -0.350 e. The molecule has 1 heterocycles. The molecule has 0 saturated carbocycles. The molecular formula is C25H29N3O2S. The van der Waals surface area contributed by atoms with Crippen LogP contribution in [0.2, 0.25) is 0 Å². The minimum atomic E-state index is -0.143. The summed E-state index contributed by atoms with van der Waals surface area (Å²) in [5, 5.41) is 7.80. The number of carbonyl (C=O) groups excluding carboxylic acids is 2. The molecule has 0 radical (unpaired) electrons. The zero-order chi connectivity index (χ0) is 22.1. The number of hydrogen-bond acceptors (Lipinski definition) is 4. The normalized spacial score (nSPS) is 11.8. The van der Waals surface area contributed by atoms with Gasteiger partial charge in [-0.05, 0) is 60.8 Å². The van der Waals surface area contributed by atoms with Crippen molar-refractivity contribution in [1.29, 1.82) is 0 Å². The van der Waals surface area contributed by atoms with Crippen molar-refractivity contribution < 1.29 is 9.59 Å². The third-order valence-electron chi connectivity index (χ3n) is 5.29. The number of rotatable bonds is 10. The molecule has 0 fully saturated rings. The topological polar surface area (TPSA) is 61.4 Å². The molecule has 162 valence electrons. The fourth-order valence-electron chi connectivity index (χ4n) is 3.57. The molecule has 0 aliphatic heterocycles. The zero-order valence-corrected chi connectivity index (χ0v) is 18.8. The fourth-order valence-corrected chi connectivity index (χ4v) is 4.19. The fraction of sp³-hybridized carbons (Fsp3) is 0.280. The molecule has 1 atom stereocenters. The molecule has 0 bridgehead atoms. The lowest BCUT2D eigenvalue weighted by atomic mass is 10.0. The smallest absolute Gasteiger partial charge is 0.265 e. The summed E-state index contributed by atoms with van der Waals surface area (Å²) in [5.41, 5.74) is 2.51. The van der Waals surface area contributed by atoms with Crippen LogP contribution in [0.3, 0.4) is 0 Å². The summed E-state index contributed by atoms with van der Waals surface area (Å²) in [7, 11) is 0. The summed E-state index contributed by atoms with van der Waals surface area (Å²) in [5.74, 6) is -0.253. The van der Waals surface area contributed by atoms with Gasteiger partial charge in [0.1, 0.15) is 0 Å². The highest BCUT2D eigenvalue weighted by Crippen LogP contribution is 2.15. The van der Waals surface area contributed by atoms with Gasteiger partial charge in [0, 0.05) is 23.8 Å². The SMILES string of the molecule is CCN(CC)C(CNC(=O)c1ccc(NC(=O)c2cccs2)cc1)Cc1ccccc1. The Morgan fingerprint density at radius 3 is 2.23 bits per heavy atom. The monoisotopic (exact) mass is 435 g/mol. The largest absolute Gasteiger partial charge is 0.350 e. The maximum Gasteiger partial charge on any atom is 0.265 e. The van der Waals surface area contributed by atoms with E-state index in [-0.39, 0.29) is 17.9 Å². The van der Waals surface area contributed by atoms with Crippen LogP contribution in [0, 0.1) is 0 Å². The van der Waals surface area contributed by atoms with E-state index in [0.29, 0.717) is 22.7 Å². The van der Waals surface area contributed by atoms with Gasteiger partial charge in [-0.3, -0.25) is 14.5 Å². The quantitative estimate of drug-likeness (QED) is 0.486. The molecule has 2 N–H and O–H groups in total. The molecule has 3 aromatic rings. The van der Waals surface area contributed by atoms with E-state index in [9.17, 15) is 9.59 Å². The Morgan fingerprint density at radius 1 is 0.903 bits per heavy atom. The number of benzene rings is 2. The van der Waals surface area contributed by atoms with Crippen molar-refractivity contribution in [2.75, 3.05) is 25.0 Å². The van der Waals surface area contributed by atoms with Gasteiger partial charge >= 0.3 is 0 Å².